The molecule has 2 N–H and O–H groups in total. The molecule has 0 spiro atoms. The maximum atomic E-state index is 12.4. The van der Waals surface area contributed by atoms with E-state index in [4.69, 9.17) is 17.3 Å². The molecule has 15 heavy (non-hydrogen) atoms. The Kier molecular flexibility index (Phi) is 3.08. The zero-order valence-corrected chi connectivity index (χ0v) is 7.83. The molecule has 0 fully saturated rings. The van der Waals surface area contributed by atoms with Crippen LogP contribution in [-0.2, 0) is 6.18 Å². The third-order valence-corrected chi connectivity index (χ3v) is 2.16. The largest absolute Gasteiger partial charge is 0.416 e. The zero-order valence-electron chi connectivity index (χ0n) is 7.08. The van der Waals surface area contributed by atoms with Crippen molar-refractivity contribution >= 4 is 17.3 Å². The number of benzene rings is 1. The molecule has 0 aliphatic carbocycles. The number of hydrogen-bond acceptors (Lipinski definition) is 1. The van der Waals surface area contributed by atoms with E-state index >= 15 is 0 Å². The number of nitrogens with two attached hydrogens (primary N) is 1. The minimum Gasteiger partial charge on any atom is -0.398 e. The molecular formula is C8H5ClF5N. The number of alkyl halides is 5. The molecule has 0 aliphatic rings. The topological polar surface area (TPSA) is 26.0 Å². The summed E-state index contributed by atoms with van der Waals surface area (Å²) in [5.74, 6) is 0. The van der Waals surface area contributed by atoms with Crippen LogP contribution in [0.3, 0.4) is 0 Å². The standard InChI is InChI=1S/C8H5ClF5N/c9-6-4(15)2-1-3(8(12,13)14)5(6)7(10)11/h1-2,7H,15H2. The van der Waals surface area contributed by atoms with Gasteiger partial charge >= 0.3 is 6.18 Å². The molecule has 0 bridgehead atoms. The van der Waals surface area contributed by atoms with Crippen LogP contribution in [0, 0.1) is 0 Å². The second kappa shape index (κ2) is 3.84. The summed E-state index contributed by atoms with van der Waals surface area (Å²) in [5, 5.41) is -0.750. The molecule has 0 saturated heterocycles. The lowest BCUT2D eigenvalue weighted by Gasteiger charge is -2.14. The Morgan fingerprint density at radius 1 is 1.20 bits per heavy atom. The lowest BCUT2D eigenvalue weighted by Crippen LogP contribution is -2.11. The highest BCUT2D eigenvalue weighted by molar-refractivity contribution is 6.34. The van der Waals surface area contributed by atoms with Gasteiger partial charge in [-0.15, -0.1) is 0 Å². The van der Waals surface area contributed by atoms with Crippen molar-refractivity contribution in [2.24, 2.45) is 0 Å². The molecule has 1 nitrogen and oxygen atoms in total. The van der Waals surface area contributed by atoms with Crippen molar-refractivity contribution in [2.75, 3.05) is 5.73 Å². The smallest absolute Gasteiger partial charge is 0.398 e. The first-order valence-corrected chi connectivity index (χ1v) is 4.06. The van der Waals surface area contributed by atoms with Crippen molar-refractivity contribution in [1.82, 2.24) is 0 Å². The maximum Gasteiger partial charge on any atom is 0.416 e. The summed E-state index contributed by atoms with van der Waals surface area (Å²) in [6.07, 6.45) is -8.19. The Morgan fingerprint density at radius 2 is 1.73 bits per heavy atom. The van der Waals surface area contributed by atoms with Gasteiger partial charge in [-0.1, -0.05) is 11.6 Å². The number of rotatable bonds is 1. The van der Waals surface area contributed by atoms with Gasteiger partial charge in [-0.25, -0.2) is 8.78 Å². The Morgan fingerprint density at radius 3 is 2.13 bits per heavy atom. The highest BCUT2D eigenvalue weighted by Crippen LogP contribution is 2.41. The van der Waals surface area contributed by atoms with E-state index < -0.39 is 28.8 Å². The molecule has 0 radical (unpaired) electrons. The highest BCUT2D eigenvalue weighted by Gasteiger charge is 2.37. The van der Waals surface area contributed by atoms with Crippen molar-refractivity contribution in [2.45, 2.75) is 12.6 Å². The summed E-state index contributed by atoms with van der Waals surface area (Å²) in [7, 11) is 0. The molecule has 0 saturated carbocycles. The normalized spacial score (nSPS) is 12.2. The lowest BCUT2D eigenvalue weighted by atomic mass is 10.1. The summed E-state index contributed by atoms with van der Waals surface area (Å²) in [4.78, 5) is 0. The zero-order chi connectivity index (χ0) is 11.8. The van der Waals surface area contributed by atoms with Crippen LogP contribution in [0.5, 0.6) is 0 Å². The molecule has 0 heterocycles. The average Bonchev–Trinajstić information content (AvgIpc) is 2.06. The predicted octanol–water partition coefficient (Wildman–Crippen LogP) is 3.88. The number of halogens is 6. The molecule has 0 atom stereocenters. The number of hydrogen-bond donors (Lipinski definition) is 1. The summed E-state index contributed by atoms with van der Waals surface area (Å²) >= 11 is 5.29. The molecule has 1 aromatic carbocycles. The second-order valence-corrected chi connectivity index (χ2v) is 3.11. The molecule has 1 rings (SSSR count). The van der Waals surface area contributed by atoms with E-state index in [-0.39, 0.29) is 5.69 Å². The third-order valence-electron chi connectivity index (χ3n) is 1.73. The fraction of sp³-hybridized carbons (Fsp3) is 0.250. The van der Waals surface area contributed by atoms with Crippen LogP contribution >= 0.6 is 11.6 Å². The summed E-state index contributed by atoms with van der Waals surface area (Å²) in [6.45, 7) is 0. The van der Waals surface area contributed by atoms with Crippen molar-refractivity contribution in [3.8, 4) is 0 Å². The first-order chi connectivity index (χ1) is 6.75. The fourth-order valence-corrected chi connectivity index (χ4v) is 1.32. The van der Waals surface area contributed by atoms with E-state index in [1.807, 2.05) is 0 Å². The van der Waals surface area contributed by atoms with E-state index in [0.29, 0.717) is 6.07 Å². The van der Waals surface area contributed by atoms with Gasteiger partial charge in [0.1, 0.15) is 0 Å². The SMILES string of the molecule is Nc1ccc(C(F)(F)F)c(C(F)F)c1Cl. The first-order valence-electron chi connectivity index (χ1n) is 3.68. The third kappa shape index (κ3) is 2.31. The van der Waals surface area contributed by atoms with Gasteiger partial charge in [-0.2, -0.15) is 13.2 Å². The molecule has 0 aromatic heterocycles. The van der Waals surface area contributed by atoms with Crippen LogP contribution in [0.1, 0.15) is 17.6 Å². The van der Waals surface area contributed by atoms with E-state index in [2.05, 4.69) is 0 Å². The van der Waals surface area contributed by atoms with E-state index in [1.165, 1.54) is 0 Å². The van der Waals surface area contributed by atoms with Gasteiger partial charge in [-0.3, -0.25) is 0 Å². The molecule has 84 valence electrons. The minimum absolute atomic E-state index is 0.306. The molecule has 0 unspecified atom stereocenters. The molecule has 0 amide bonds. The van der Waals surface area contributed by atoms with Crippen LogP contribution in [0.4, 0.5) is 27.6 Å². The Hall–Kier alpha value is -1.04. The van der Waals surface area contributed by atoms with E-state index in [1.54, 1.807) is 0 Å². The Bertz CT molecular complexity index is 374. The Balaban J connectivity index is 3.47. The summed E-state index contributed by atoms with van der Waals surface area (Å²) < 4.78 is 61.6. The summed E-state index contributed by atoms with van der Waals surface area (Å²) in [6, 6.07) is 1.33. The van der Waals surface area contributed by atoms with Crippen LogP contribution in [0.2, 0.25) is 5.02 Å². The van der Waals surface area contributed by atoms with Gasteiger partial charge in [0.15, 0.2) is 0 Å². The minimum atomic E-state index is -4.87. The fourth-order valence-electron chi connectivity index (χ4n) is 1.07. The van der Waals surface area contributed by atoms with Crippen LogP contribution < -0.4 is 5.73 Å². The van der Waals surface area contributed by atoms with Gasteiger partial charge < -0.3 is 5.73 Å². The van der Waals surface area contributed by atoms with Crippen molar-refractivity contribution in [3.05, 3.63) is 28.3 Å². The van der Waals surface area contributed by atoms with E-state index in [9.17, 15) is 22.0 Å². The van der Waals surface area contributed by atoms with Crippen LogP contribution in [0.25, 0.3) is 0 Å². The van der Waals surface area contributed by atoms with Crippen LogP contribution in [-0.4, -0.2) is 0 Å². The monoisotopic (exact) mass is 245 g/mol. The van der Waals surface area contributed by atoms with Crippen molar-refractivity contribution in [3.63, 3.8) is 0 Å². The maximum absolute atomic E-state index is 12.4. The van der Waals surface area contributed by atoms with Crippen molar-refractivity contribution in [1.29, 1.82) is 0 Å². The molecule has 1 aromatic rings. The van der Waals surface area contributed by atoms with Gasteiger partial charge in [0.05, 0.1) is 21.8 Å². The van der Waals surface area contributed by atoms with Gasteiger partial charge in [-0.05, 0) is 12.1 Å². The highest BCUT2D eigenvalue weighted by atomic mass is 35.5. The molecule has 0 aliphatic heterocycles. The molecular weight excluding hydrogens is 241 g/mol. The Labute approximate surface area is 86.6 Å². The summed E-state index contributed by atoms with van der Waals surface area (Å²) in [5.41, 5.74) is 2.10. The number of nitrogen functional groups attached to an aromatic ring is 1. The quantitative estimate of drug-likeness (QED) is 0.590. The van der Waals surface area contributed by atoms with Gasteiger partial charge in [0.2, 0.25) is 0 Å². The van der Waals surface area contributed by atoms with Crippen LogP contribution in [0.15, 0.2) is 12.1 Å². The molecule has 7 heteroatoms. The first kappa shape index (κ1) is 12.0. The predicted molar refractivity (Wildman–Crippen MR) is 45.8 cm³/mol. The van der Waals surface area contributed by atoms with Gasteiger partial charge in [0, 0.05) is 0 Å². The van der Waals surface area contributed by atoms with Crippen molar-refractivity contribution < 1.29 is 22.0 Å². The average molecular weight is 246 g/mol. The second-order valence-electron chi connectivity index (χ2n) is 2.73. The number of anilines is 1. The lowest BCUT2D eigenvalue weighted by molar-refractivity contribution is -0.139. The van der Waals surface area contributed by atoms with Gasteiger partial charge in [0.25, 0.3) is 6.43 Å². The van der Waals surface area contributed by atoms with E-state index in [0.717, 1.165) is 6.07 Å².